The molecule has 0 bridgehead atoms. The highest BCUT2D eigenvalue weighted by Crippen LogP contribution is 2.06. The van der Waals surface area contributed by atoms with Crippen molar-refractivity contribution in [3.63, 3.8) is 0 Å². The van der Waals surface area contributed by atoms with Crippen LogP contribution in [0.15, 0.2) is 0 Å². The monoisotopic (exact) mass is 238 g/mol. The van der Waals surface area contributed by atoms with E-state index in [1.165, 1.54) is 19.6 Å². The van der Waals surface area contributed by atoms with E-state index in [0.29, 0.717) is 0 Å². The van der Waals surface area contributed by atoms with Gasteiger partial charge >= 0.3 is 0 Å². The second kappa shape index (κ2) is 7.65. The summed E-state index contributed by atoms with van der Waals surface area (Å²) in [7, 11) is 1.86. The lowest BCUT2D eigenvalue weighted by molar-refractivity contribution is 0.120. The predicted molar refractivity (Wildman–Crippen MR) is 70.8 cm³/mol. The second-order valence-corrected chi connectivity index (χ2v) is 5.30. The summed E-state index contributed by atoms with van der Waals surface area (Å²) in [5, 5.41) is 11.9. The van der Waals surface area contributed by atoms with Crippen molar-refractivity contribution in [2.45, 2.75) is 26.3 Å². The lowest BCUT2D eigenvalue weighted by Gasteiger charge is -2.35. The number of nitriles is 1. The fourth-order valence-corrected chi connectivity index (χ4v) is 2.30. The molecule has 1 rings (SSSR count). The summed E-state index contributed by atoms with van der Waals surface area (Å²) in [6.07, 6.45) is 0.928. The maximum atomic E-state index is 8.86. The van der Waals surface area contributed by atoms with Crippen molar-refractivity contribution in [1.82, 2.24) is 15.1 Å². The van der Waals surface area contributed by atoms with Crippen molar-refractivity contribution >= 4 is 0 Å². The van der Waals surface area contributed by atoms with Crippen LogP contribution in [0, 0.1) is 17.2 Å². The van der Waals surface area contributed by atoms with Gasteiger partial charge in [-0.25, -0.2) is 0 Å². The van der Waals surface area contributed by atoms with Crippen LogP contribution in [0.5, 0.6) is 0 Å². The van der Waals surface area contributed by atoms with Crippen LogP contribution < -0.4 is 5.32 Å². The molecule has 1 N–H and O–H groups in total. The van der Waals surface area contributed by atoms with E-state index in [4.69, 9.17) is 5.26 Å². The van der Waals surface area contributed by atoms with Crippen molar-refractivity contribution in [1.29, 1.82) is 5.26 Å². The van der Waals surface area contributed by atoms with Crippen molar-refractivity contribution in [3.05, 3.63) is 0 Å². The molecule has 0 saturated carbocycles. The molecular formula is C13H26N4. The van der Waals surface area contributed by atoms with Gasteiger partial charge in [0.25, 0.3) is 0 Å². The number of nitrogens with zero attached hydrogens (tertiary/aromatic N) is 3. The number of hydrogen-bond donors (Lipinski definition) is 1. The van der Waals surface area contributed by atoms with Gasteiger partial charge in [-0.2, -0.15) is 5.26 Å². The summed E-state index contributed by atoms with van der Waals surface area (Å²) < 4.78 is 0. The van der Waals surface area contributed by atoms with Gasteiger partial charge in [-0.05, 0) is 19.4 Å². The summed E-state index contributed by atoms with van der Waals surface area (Å²) in [5.41, 5.74) is 0. The van der Waals surface area contributed by atoms with Crippen molar-refractivity contribution in [2.75, 3.05) is 46.3 Å². The van der Waals surface area contributed by atoms with Crippen molar-refractivity contribution in [3.8, 4) is 6.07 Å². The van der Waals surface area contributed by atoms with Gasteiger partial charge in [-0.1, -0.05) is 13.8 Å². The Morgan fingerprint density at radius 1 is 1.18 bits per heavy atom. The number of nitrogens with one attached hydrogen (secondary N) is 1. The molecule has 1 atom stereocenters. The molecular weight excluding hydrogens is 212 g/mol. The molecule has 98 valence electrons. The summed E-state index contributed by atoms with van der Waals surface area (Å²) in [4.78, 5) is 5.01. The summed E-state index contributed by atoms with van der Waals surface area (Å²) >= 11 is 0. The molecule has 4 nitrogen and oxygen atoms in total. The first-order valence-electron chi connectivity index (χ1n) is 6.67. The highest BCUT2D eigenvalue weighted by molar-refractivity contribution is 4.89. The van der Waals surface area contributed by atoms with Crippen LogP contribution in [0.2, 0.25) is 0 Å². The normalized spacial score (nSPS) is 20.4. The Labute approximate surface area is 106 Å². The Kier molecular flexibility index (Phi) is 6.49. The van der Waals surface area contributed by atoms with E-state index in [2.05, 4.69) is 35.0 Å². The third kappa shape index (κ3) is 5.49. The summed E-state index contributed by atoms with van der Waals surface area (Å²) in [6, 6.07) is 2.28. The molecule has 1 heterocycles. The smallest absolute Gasteiger partial charge is 0.0962 e. The zero-order valence-electron chi connectivity index (χ0n) is 11.4. The highest BCUT2D eigenvalue weighted by atomic mass is 15.3. The Bertz CT molecular complexity index is 238. The van der Waals surface area contributed by atoms with Gasteiger partial charge in [0.15, 0.2) is 0 Å². The van der Waals surface area contributed by atoms with Crippen LogP contribution in [0.1, 0.15) is 20.3 Å². The summed E-state index contributed by atoms with van der Waals surface area (Å²) in [5.74, 6) is 0.758. The van der Waals surface area contributed by atoms with Crippen LogP contribution in [0.4, 0.5) is 0 Å². The van der Waals surface area contributed by atoms with E-state index in [0.717, 1.165) is 32.0 Å². The minimum Gasteiger partial charge on any atom is -0.305 e. The standard InChI is InChI=1S/C13H26N4/c1-12(2)11-17-8-6-16(7-9-17)5-4-13(10-14)15-3/h12-13,15H,4-9,11H2,1-3H3. The van der Waals surface area contributed by atoms with E-state index in [-0.39, 0.29) is 6.04 Å². The van der Waals surface area contributed by atoms with Crippen LogP contribution in [-0.4, -0.2) is 62.2 Å². The second-order valence-electron chi connectivity index (χ2n) is 5.30. The van der Waals surface area contributed by atoms with E-state index in [9.17, 15) is 0 Å². The molecule has 1 aliphatic rings. The summed E-state index contributed by atoms with van der Waals surface area (Å²) in [6.45, 7) is 11.4. The number of piperazine rings is 1. The Hall–Kier alpha value is -0.630. The van der Waals surface area contributed by atoms with Crippen molar-refractivity contribution < 1.29 is 0 Å². The van der Waals surface area contributed by atoms with Crippen molar-refractivity contribution in [2.24, 2.45) is 5.92 Å². The number of hydrogen-bond acceptors (Lipinski definition) is 4. The first kappa shape index (κ1) is 14.4. The average Bonchev–Trinajstić information content (AvgIpc) is 2.32. The minimum absolute atomic E-state index is 0.00342. The maximum Gasteiger partial charge on any atom is 0.0962 e. The first-order chi connectivity index (χ1) is 8.15. The van der Waals surface area contributed by atoms with Gasteiger partial charge in [0.2, 0.25) is 0 Å². The Morgan fingerprint density at radius 2 is 1.76 bits per heavy atom. The average molecular weight is 238 g/mol. The van der Waals surface area contributed by atoms with E-state index in [1.807, 2.05) is 7.05 Å². The predicted octanol–water partition coefficient (Wildman–Crippen LogP) is 0.762. The van der Waals surface area contributed by atoms with Gasteiger partial charge in [0, 0.05) is 39.3 Å². The third-order valence-corrected chi connectivity index (χ3v) is 3.33. The van der Waals surface area contributed by atoms with Gasteiger partial charge in [-0.3, -0.25) is 0 Å². The maximum absolute atomic E-state index is 8.86. The van der Waals surface area contributed by atoms with E-state index < -0.39 is 0 Å². The minimum atomic E-state index is 0.00342. The Morgan fingerprint density at radius 3 is 2.24 bits per heavy atom. The molecule has 0 aromatic rings. The molecule has 4 heteroatoms. The van der Waals surface area contributed by atoms with Crippen LogP contribution in [0.3, 0.4) is 0 Å². The molecule has 1 aliphatic heterocycles. The fourth-order valence-electron chi connectivity index (χ4n) is 2.30. The Balaban J connectivity index is 2.17. The molecule has 0 aliphatic carbocycles. The molecule has 1 fully saturated rings. The molecule has 0 amide bonds. The van der Waals surface area contributed by atoms with Gasteiger partial charge in [0.05, 0.1) is 12.1 Å². The molecule has 1 saturated heterocycles. The van der Waals surface area contributed by atoms with E-state index in [1.54, 1.807) is 0 Å². The SMILES string of the molecule is CNC(C#N)CCN1CCN(CC(C)C)CC1. The third-order valence-electron chi connectivity index (χ3n) is 3.33. The van der Waals surface area contributed by atoms with Gasteiger partial charge in [-0.15, -0.1) is 0 Å². The molecule has 0 radical (unpaired) electrons. The molecule has 0 aromatic heterocycles. The van der Waals surface area contributed by atoms with Gasteiger partial charge in [0.1, 0.15) is 0 Å². The fraction of sp³-hybridized carbons (Fsp3) is 0.923. The zero-order chi connectivity index (χ0) is 12.7. The van der Waals surface area contributed by atoms with E-state index >= 15 is 0 Å². The molecule has 1 unspecified atom stereocenters. The quantitative estimate of drug-likeness (QED) is 0.742. The highest BCUT2D eigenvalue weighted by Gasteiger charge is 2.17. The molecule has 17 heavy (non-hydrogen) atoms. The van der Waals surface area contributed by atoms with Crippen LogP contribution >= 0.6 is 0 Å². The zero-order valence-corrected chi connectivity index (χ0v) is 11.4. The molecule has 0 spiro atoms. The largest absolute Gasteiger partial charge is 0.305 e. The van der Waals surface area contributed by atoms with Crippen LogP contribution in [-0.2, 0) is 0 Å². The molecule has 0 aromatic carbocycles. The number of rotatable bonds is 6. The lowest BCUT2D eigenvalue weighted by atomic mass is 10.1. The topological polar surface area (TPSA) is 42.3 Å². The lowest BCUT2D eigenvalue weighted by Crippen LogP contribution is -2.48. The first-order valence-corrected chi connectivity index (χ1v) is 6.67. The van der Waals surface area contributed by atoms with Crippen LogP contribution in [0.25, 0.3) is 0 Å². The van der Waals surface area contributed by atoms with Gasteiger partial charge < -0.3 is 15.1 Å².